The van der Waals surface area contributed by atoms with Crippen LogP contribution in [0.25, 0.3) is 0 Å². The van der Waals surface area contributed by atoms with E-state index >= 15 is 0 Å². The van der Waals surface area contributed by atoms with Gasteiger partial charge in [-0.05, 0) is 0 Å². The van der Waals surface area contributed by atoms with Gasteiger partial charge in [-0.2, -0.15) is 0 Å². The van der Waals surface area contributed by atoms with E-state index in [0.29, 0.717) is 0 Å². The van der Waals surface area contributed by atoms with Crippen molar-refractivity contribution in [1.29, 1.82) is 0 Å². The molecule has 0 bridgehead atoms. The molecule has 11 N–H and O–H groups in total. The summed E-state index contributed by atoms with van der Waals surface area (Å²) in [6.07, 6.45) is -6.98. The molecule has 2 aliphatic heterocycles. The third kappa shape index (κ3) is 5.03. The minimum Gasteiger partial charge on any atom is -0.395 e. The first kappa shape index (κ1) is 21.6. The first-order valence-corrected chi connectivity index (χ1v) is 7.68. The van der Waals surface area contributed by atoms with Crippen LogP contribution < -0.4 is 10.6 Å². The van der Waals surface area contributed by atoms with Crippen molar-refractivity contribution in [3.05, 3.63) is 0 Å². The van der Waals surface area contributed by atoms with Gasteiger partial charge in [0.1, 0.15) is 12.2 Å². The van der Waals surface area contributed by atoms with Gasteiger partial charge in [0.05, 0.1) is 62.4 Å². The SMILES string of the molecule is OC[C@H]1NC[C@H](O)[C@@H](O)[C@@H]1O.OC[C@H]1N[C@H](CO)[C@@H](O)C(O)[C@H]1O. The van der Waals surface area contributed by atoms with E-state index in [1.807, 2.05) is 0 Å². The number of hydrogen-bond acceptors (Lipinski definition) is 11. The van der Waals surface area contributed by atoms with Gasteiger partial charge in [-0.15, -0.1) is 0 Å². The zero-order valence-electron chi connectivity index (χ0n) is 13.0. The van der Waals surface area contributed by atoms with Crippen LogP contribution in [0.1, 0.15) is 0 Å². The summed E-state index contributed by atoms with van der Waals surface area (Å²) in [7, 11) is 0. The van der Waals surface area contributed by atoms with E-state index in [2.05, 4.69) is 10.6 Å². The van der Waals surface area contributed by atoms with Crippen LogP contribution in [0.3, 0.4) is 0 Å². The van der Waals surface area contributed by atoms with E-state index in [-0.39, 0.29) is 26.4 Å². The van der Waals surface area contributed by atoms with E-state index in [0.717, 1.165) is 0 Å². The maximum absolute atomic E-state index is 9.31. The Morgan fingerprint density at radius 1 is 0.583 bits per heavy atom. The van der Waals surface area contributed by atoms with Crippen molar-refractivity contribution in [2.75, 3.05) is 26.4 Å². The number of aliphatic hydroxyl groups excluding tert-OH is 9. The number of rotatable bonds is 3. The van der Waals surface area contributed by atoms with Crippen LogP contribution in [-0.4, -0.2) is 127 Å². The molecule has 0 spiro atoms. The van der Waals surface area contributed by atoms with E-state index in [9.17, 15) is 20.4 Å². The summed E-state index contributed by atoms with van der Waals surface area (Å²) in [4.78, 5) is 0. The molecule has 9 atom stereocenters. The Kier molecular flexibility index (Phi) is 8.90. The predicted octanol–water partition coefficient (Wildman–Crippen LogP) is -6.57. The van der Waals surface area contributed by atoms with Gasteiger partial charge in [-0.3, -0.25) is 0 Å². The summed E-state index contributed by atoms with van der Waals surface area (Å²) >= 11 is 0. The van der Waals surface area contributed by atoms with Gasteiger partial charge >= 0.3 is 0 Å². The lowest BCUT2D eigenvalue weighted by Crippen LogP contribution is -2.66. The molecule has 144 valence electrons. The lowest BCUT2D eigenvalue weighted by atomic mass is 9.91. The van der Waals surface area contributed by atoms with Crippen molar-refractivity contribution >= 4 is 0 Å². The van der Waals surface area contributed by atoms with Crippen molar-refractivity contribution in [3.8, 4) is 0 Å². The van der Waals surface area contributed by atoms with Crippen LogP contribution in [0.4, 0.5) is 0 Å². The van der Waals surface area contributed by atoms with Gasteiger partial charge in [0, 0.05) is 6.54 Å². The number of nitrogens with one attached hydrogen (secondary N) is 2. The molecule has 11 heteroatoms. The van der Waals surface area contributed by atoms with Crippen LogP contribution in [0, 0.1) is 0 Å². The quantitative estimate of drug-likeness (QED) is 0.229. The van der Waals surface area contributed by atoms with Crippen molar-refractivity contribution in [3.63, 3.8) is 0 Å². The number of piperidine rings is 2. The summed E-state index contributed by atoms with van der Waals surface area (Å²) in [5.41, 5.74) is 0. The highest BCUT2D eigenvalue weighted by Gasteiger charge is 2.41. The highest BCUT2D eigenvalue weighted by molar-refractivity contribution is 4.97. The fraction of sp³-hybridized carbons (Fsp3) is 1.00. The van der Waals surface area contributed by atoms with Crippen molar-refractivity contribution in [2.45, 2.75) is 54.7 Å². The highest BCUT2D eigenvalue weighted by atomic mass is 16.4. The highest BCUT2D eigenvalue weighted by Crippen LogP contribution is 2.15. The van der Waals surface area contributed by atoms with Crippen molar-refractivity contribution in [1.82, 2.24) is 10.6 Å². The lowest BCUT2D eigenvalue weighted by molar-refractivity contribution is -0.125. The Morgan fingerprint density at radius 3 is 1.42 bits per heavy atom. The van der Waals surface area contributed by atoms with Crippen molar-refractivity contribution in [2.24, 2.45) is 0 Å². The Balaban J connectivity index is 0.000000243. The summed E-state index contributed by atoms with van der Waals surface area (Å²) in [6.45, 7) is -0.767. The molecule has 0 aliphatic carbocycles. The molecule has 24 heavy (non-hydrogen) atoms. The Labute approximate surface area is 138 Å². The van der Waals surface area contributed by atoms with E-state index < -0.39 is 54.7 Å². The molecule has 1 unspecified atom stereocenters. The van der Waals surface area contributed by atoms with Gasteiger partial charge < -0.3 is 56.6 Å². The van der Waals surface area contributed by atoms with Crippen molar-refractivity contribution < 1.29 is 46.0 Å². The molecule has 0 aromatic rings. The summed E-state index contributed by atoms with van der Waals surface area (Å²) in [5.74, 6) is 0. The average Bonchev–Trinajstić information content (AvgIpc) is 2.59. The molecule has 11 nitrogen and oxygen atoms in total. The summed E-state index contributed by atoms with van der Waals surface area (Å²) < 4.78 is 0. The first-order chi connectivity index (χ1) is 11.3. The third-order valence-electron chi connectivity index (χ3n) is 4.29. The molecule has 0 saturated carbocycles. The van der Waals surface area contributed by atoms with Crippen LogP contribution in [0.5, 0.6) is 0 Å². The Hall–Kier alpha value is -0.440. The molecule has 2 saturated heterocycles. The molecule has 0 aromatic carbocycles. The summed E-state index contributed by atoms with van der Waals surface area (Å²) in [6, 6.07) is -1.96. The molecule has 0 amide bonds. The smallest absolute Gasteiger partial charge is 0.109 e. The maximum atomic E-state index is 9.31. The van der Waals surface area contributed by atoms with E-state index in [1.165, 1.54) is 0 Å². The van der Waals surface area contributed by atoms with E-state index in [1.54, 1.807) is 0 Å². The van der Waals surface area contributed by atoms with Gasteiger partial charge in [-0.1, -0.05) is 0 Å². The molecule has 2 rings (SSSR count). The van der Waals surface area contributed by atoms with Gasteiger partial charge in [0.15, 0.2) is 0 Å². The Morgan fingerprint density at radius 2 is 1.00 bits per heavy atom. The molecule has 2 heterocycles. The van der Waals surface area contributed by atoms with Crippen LogP contribution in [-0.2, 0) is 0 Å². The number of hydrogen-bond donors (Lipinski definition) is 11. The second-order valence-electron chi connectivity index (χ2n) is 5.96. The second-order valence-corrected chi connectivity index (χ2v) is 5.96. The second kappa shape index (κ2) is 9.89. The standard InChI is InChI=1S/C7H15NO5.C6H13NO4/c9-1-3-5(11)7(13)6(12)4(2-10)8-3;8-2-3-5(10)6(11)4(9)1-7-3/h3-13H,1-2H2;3-11H,1-2H2/t3-,4-,5-,6+,7?;3-,4+,5-,6-/m11/s1. The van der Waals surface area contributed by atoms with Crippen LogP contribution in [0.15, 0.2) is 0 Å². The predicted molar refractivity (Wildman–Crippen MR) is 79.8 cm³/mol. The van der Waals surface area contributed by atoms with Gasteiger partial charge in [-0.25, -0.2) is 0 Å². The van der Waals surface area contributed by atoms with Crippen LogP contribution >= 0.6 is 0 Å². The first-order valence-electron chi connectivity index (χ1n) is 7.68. The molecule has 2 aliphatic rings. The largest absolute Gasteiger partial charge is 0.395 e. The van der Waals surface area contributed by atoms with Crippen LogP contribution in [0.2, 0.25) is 0 Å². The fourth-order valence-electron chi connectivity index (χ4n) is 2.62. The number of aliphatic hydroxyl groups is 9. The monoisotopic (exact) mass is 356 g/mol. The topological polar surface area (TPSA) is 206 Å². The minimum absolute atomic E-state index is 0.198. The average molecular weight is 356 g/mol. The van der Waals surface area contributed by atoms with Gasteiger partial charge in [0.25, 0.3) is 0 Å². The number of β-amino-alcohol motifs (C(OH)–C–C–N with tert-alkyl or cyclic N) is 1. The summed E-state index contributed by atoms with van der Waals surface area (Å²) in [5, 5.41) is 86.7. The molecule has 0 aromatic heterocycles. The zero-order valence-corrected chi connectivity index (χ0v) is 13.0. The normalized spacial score (nSPS) is 46.1. The molecular formula is C13H28N2O9. The van der Waals surface area contributed by atoms with E-state index in [4.69, 9.17) is 25.5 Å². The third-order valence-corrected chi connectivity index (χ3v) is 4.29. The maximum Gasteiger partial charge on any atom is 0.109 e. The molecular weight excluding hydrogens is 328 g/mol. The molecule has 2 fully saturated rings. The fourth-order valence-corrected chi connectivity index (χ4v) is 2.62. The molecule has 0 radical (unpaired) electrons. The van der Waals surface area contributed by atoms with Gasteiger partial charge in [0.2, 0.25) is 0 Å². The minimum atomic E-state index is -1.34. The lowest BCUT2D eigenvalue weighted by Gasteiger charge is -2.40. The zero-order chi connectivity index (χ0) is 18.4. The Bertz CT molecular complexity index is 342.